The van der Waals surface area contributed by atoms with Crippen LogP contribution in [-0.4, -0.2) is 71.6 Å². The van der Waals surface area contributed by atoms with E-state index in [-0.39, 0.29) is 17.7 Å². The van der Waals surface area contributed by atoms with Crippen molar-refractivity contribution in [2.24, 2.45) is 0 Å². The number of hydrogen-bond donors (Lipinski definition) is 0. The third kappa shape index (κ3) is 4.70. The number of nitrogens with zero attached hydrogens (tertiary/aromatic N) is 4. The van der Waals surface area contributed by atoms with Crippen LogP contribution in [0.2, 0.25) is 0 Å². The van der Waals surface area contributed by atoms with Gasteiger partial charge in [-0.1, -0.05) is 13.0 Å². The van der Waals surface area contributed by atoms with Crippen LogP contribution < -0.4 is 9.47 Å². The lowest BCUT2D eigenvalue weighted by molar-refractivity contribution is -0.138. The first-order valence-electron chi connectivity index (χ1n) is 11.7. The van der Waals surface area contributed by atoms with E-state index in [4.69, 9.17) is 14.5 Å². The van der Waals surface area contributed by atoms with E-state index in [1.54, 1.807) is 26.0 Å². The molecule has 4 rings (SSSR count). The molecule has 2 atom stereocenters. The Kier molecular flexibility index (Phi) is 6.91. The van der Waals surface area contributed by atoms with Crippen molar-refractivity contribution in [3.05, 3.63) is 41.5 Å². The van der Waals surface area contributed by atoms with Gasteiger partial charge in [-0.3, -0.25) is 9.59 Å². The highest BCUT2D eigenvalue weighted by atomic mass is 16.5. The molecule has 8 heteroatoms. The number of fused-ring (bicyclic) bond motifs is 1. The van der Waals surface area contributed by atoms with Crippen LogP contribution in [0.5, 0.6) is 11.5 Å². The minimum Gasteiger partial charge on any atom is -0.493 e. The molecular formula is C25H34N4O4. The Balaban J connectivity index is 1.64. The first-order valence-corrected chi connectivity index (χ1v) is 11.7. The molecule has 2 unspecified atom stereocenters. The lowest BCUT2D eigenvalue weighted by Crippen LogP contribution is -2.50. The summed E-state index contributed by atoms with van der Waals surface area (Å²) in [7, 11) is 3.24. The summed E-state index contributed by atoms with van der Waals surface area (Å²) in [4.78, 5) is 33.5. The van der Waals surface area contributed by atoms with Gasteiger partial charge in [0, 0.05) is 69.8 Å². The molecule has 2 aliphatic rings. The van der Waals surface area contributed by atoms with Gasteiger partial charge >= 0.3 is 0 Å². The standard InChI is InChI=1S/C25H34N4O4/c1-17-6-5-9-29-21(16-26-25(17)29)20(19-7-8-22(32-3)23(14-19)33-4)15-24(31)28-12-10-27(11-13-28)18(2)30/h7-8,14,16-17,20H,5-6,9-13,15H2,1-4H3. The Morgan fingerprint density at radius 1 is 1.06 bits per heavy atom. The molecule has 1 saturated heterocycles. The molecule has 2 amide bonds. The number of benzene rings is 1. The minimum absolute atomic E-state index is 0.0605. The molecule has 3 heterocycles. The zero-order chi connectivity index (χ0) is 23.5. The summed E-state index contributed by atoms with van der Waals surface area (Å²) in [5.74, 6) is 2.83. The van der Waals surface area contributed by atoms with Gasteiger partial charge in [0.15, 0.2) is 11.5 Å². The van der Waals surface area contributed by atoms with Gasteiger partial charge in [-0.2, -0.15) is 0 Å². The van der Waals surface area contributed by atoms with E-state index < -0.39 is 0 Å². The van der Waals surface area contributed by atoms with Gasteiger partial charge in [0.2, 0.25) is 11.8 Å². The first kappa shape index (κ1) is 23.1. The molecule has 1 aromatic heterocycles. The van der Waals surface area contributed by atoms with Crippen LogP contribution in [0.15, 0.2) is 24.4 Å². The summed E-state index contributed by atoms with van der Waals surface area (Å²) in [6.45, 7) is 7.02. The molecule has 33 heavy (non-hydrogen) atoms. The van der Waals surface area contributed by atoms with Crippen molar-refractivity contribution in [2.45, 2.75) is 51.5 Å². The van der Waals surface area contributed by atoms with Crippen LogP contribution in [0.4, 0.5) is 0 Å². The third-order valence-corrected chi connectivity index (χ3v) is 7.00. The predicted molar refractivity (Wildman–Crippen MR) is 125 cm³/mol. The maximum Gasteiger partial charge on any atom is 0.223 e. The number of carbonyl (C=O) groups excluding carboxylic acids is 2. The van der Waals surface area contributed by atoms with Crippen molar-refractivity contribution in [2.75, 3.05) is 40.4 Å². The predicted octanol–water partition coefficient (Wildman–Crippen LogP) is 3.01. The number of ether oxygens (including phenoxy) is 2. The van der Waals surface area contributed by atoms with Crippen LogP contribution in [0.3, 0.4) is 0 Å². The van der Waals surface area contributed by atoms with Crippen LogP contribution in [0.1, 0.15) is 62.0 Å². The second kappa shape index (κ2) is 9.85. The highest BCUT2D eigenvalue weighted by molar-refractivity contribution is 5.79. The summed E-state index contributed by atoms with van der Waals surface area (Å²) in [6.07, 6.45) is 4.53. The quantitative estimate of drug-likeness (QED) is 0.671. The molecule has 8 nitrogen and oxygen atoms in total. The Morgan fingerprint density at radius 3 is 2.42 bits per heavy atom. The average molecular weight is 455 g/mol. The average Bonchev–Trinajstić information content (AvgIpc) is 3.27. The fourth-order valence-electron chi connectivity index (χ4n) is 5.04. The molecule has 0 spiro atoms. The van der Waals surface area contributed by atoms with Crippen molar-refractivity contribution in [3.63, 3.8) is 0 Å². The van der Waals surface area contributed by atoms with Gasteiger partial charge in [0.25, 0.3) is 0 Å². The van der Waals surface area contributed by atoms with Crippen molar-refractivity contribution in [1.29, 1.82) is 0 Å². The molecule has 0 N–H and O–H groups in total. The molecule has 1 aromatic carbocycles. The molecule has 0 radical (unpaired) electrons. The van der Waals surface area contributed by atoms with Crippen molar-refractivity contribution < 1.29 is 19.1 Å². The number of aromatic nitrogens is 2. The van der Waals surface area contributed by atoms with E-state index in [2.05, 4.69) is 11.5 Å². The molecule has 178 valence electrons. The number of methoxy groups -OCH3 is 2. The number of amides is 2. The minimum atomic E-state index is -0.144. The highest BCUT2D eigenvalue weighted by Crippen LogP contribution is 2.38. The van der Waals surface area contributed by atoms with Crippen molar-refractivity contribution in [1.82, 2.24) is 19.4 Å². The molecule has 0 aliphatic carbocycles. The molecular weight excluding hydrogens is 420 g/mol. The molecule has 2 aromatic rings. The van der Waals surface area contributed by atoms with E-state index in [9.17, 15) is 9.59 Å². The maximum atomic E-state index is 13.4. The topological polar surface area (TPSA) is 76.9 Å². The van der Waals surface area contributed by atoms with E-state index in [0.717, 1.165) is 36.5 Å². The summed E-state index contributed by atoms with van der Waals surface area (Å²) in [5.41, 5.74) is 2.07. The summed E-state index contributed by atoms with van der Waals surface area (Å²) in [5, 5.41) is 0. The molecule has 0 bridgehead atoms. The van der Waals surface area contributed by atoms with Crippen molar-refractivity contribution >= 4 is 11.8 Å². The van der Waals surface area contributed by atoms with Crippen LogP contribution in [-0.2, 0) is 16.1 Å². The second-order valence-corrected chi connectivity index (χ2v) is 8.99. The fourth-order valence-corrected chi connectivity index (χ4v) is 5.04. The van der Waals surface area contributed by atoms with Gasteiger partial charge in [0.05, 0.1) is 14.2 Å². The zero-order valence-corrected chi connectivity index (χ0v) is 20.0. The van der Waals surface area contributed by atoms with E-state index in [1.165, 1.54) is 0 Å². The monoisotopic (exact) mass is 454 g/mol. The van der Waals surface area contributed by atoms with Gasteiger partial charge in [-0.05, 0) is 30.5 Å². The Bertz CT molecular complexity index is 1010. The van der Waals surface area contributed by atoms with Crippen LogP contribution in [0, 0.1) is 0 Å². The van der Waals surface area contributed by atoms with Crippen LogP contribution in [0.25, 0.3) is 0 Å². The van der Waals surface area contributed by atoms with Gasteiger partial charge < -0.3 is 23.8 Å². The molecule has 1 fully saturated rings. The van der Waals surface area contributed by atoms with Crippen LogP contribution >= 0.6 is 0 Å². The van der Waals surface area contributed by atoms with Gasteiger partial charge in [-0.15, -0.1) is 0 Å². The van der Waals surface area contributed by atoms with E-state index in [1.807, 2.05) is 29.3 Å². The SMILES string of the molecule is COc1ccc(C(CC(=O)N2CCN(C(C)=O)CC2)c2cnc3n2CCCC3C)cc1OC. The largest absolute Gasteiger partial charge is 0.493 e. The second-order valence-electron chi connectivity index (χ2n) is 8.99. The number of rotatable bonds is 6. The summed E-state index contributed by atoms with van der Waals surface area (Å²) in [6, 6.07) is 5.88. The van der Waals surface area contributed by atoms with Crippen molar-refractivity contribution in [3.8, 4) is 11.5 Å². The summed E-state index contributed by atoms with van der Waals surface area (Å²) < 4.78 is 13.3. The first-order chi connectivity index (χ1) is 15.9. The fraction of sp³-hybridized carbons (Fsp3) is 0.560. The lowest BCUT2D eigenvalue weighted by Gasteiger charge is -2.35. The van der Waals surface area contributed by atoms with E-state index in [0.29, 0.717) is 50.0 Å². The number of piperazine rings is 1. The maximum absolute atomic E-state index is 13.4. The Morgan fingerprint density at radius 2 is 1.76 bits per heavy atom. The van der Waals surface area contributed by atoms with E-state index >= 15 is 0 Å². The number of imidazole rings is 1. The normalized spacial score (nSPS) is 19.1. The number of hydrogen-bond acceptors (Lipinski definition) is 5. The summed E-state index contributed by atoms with van der Waals surface area (Å²) >= 11 is 0. The highest BCUT2D eigenvalue weighted by Gasteiger charge is 2.30. The lowest BCUT2D eigenvalue weighted by atomic mass is 9.90. The number of carbonyl (C=O) groups is 2. The zero-order valence-electron chi connectivity index (χ0n) is 20.0. The Hall–Kier alpha value is -3.03. The van der Waals surface area contributed by atoms with Gasteiger partial charge in [0.1, 0.15) is 5.82 Å². The molecule has 2 aliphatic heterocycles. The molecule has 0 saturated carbocycles. The Labute approximate surface area is 195 Å². The third-order valence-electron chi connectivity index (χ3n) is 7.00. The van der Waals surface area contributed by atoms with Gasteiger partial charge in [-0.25, -0.2) is 4.98 Å². The smallest absolute Gasteiger partial charge is 0.223 e.